The smallest absolute Gasteiger partial charge is 0.275 e. The van der Waals surface area contributed by atoms with Gasteiger partial charge in [-0.3, -0.25) is 4.79 Å². The minimum Gasteiger partial charge on any atom is -0.375 e. The molecule has 1 aliphatic heterocycles. The van der Waals surface area contributed by atoms with Crippen molar-refractivity contribution < 1.29 is 4.74 Å². The summed E-state index contributed by atoms with van der Waals surface area (Å²) in [5.41, 5.74) is 1.46. The van der Waals surface area contributed by atoms with Gasteiger partial charge in [-0.15, -0.1) is 5.10 Å². The Balaban J connectivity index is 1.77. The molecule has 2 aromatic heterocycles. The Morgan fingerprint density at radius 2 is 2.13 bits per heavy atom. The van der Waals surface area contributed by atoms with Crippen molar-refractivity contribution in [3.63, 3.8) is 0 Å². The highest BCUT2D eigenvalue weighted by Crippen LogP contribution is 2.25. The Morgan fingerprint density at radius 1 is 1.30 bits per heavy atom. The van der Waals surface area contributed by atoms with Gasteiger partial charge in [0.2, 0.25) is 10.1 Å². The summed E-state index contributed by atoms with van der Waals surface area (Å²) in [5, 5.41) is 5.25. The van der Waals surface area contributed by atoms with E-state index in [0.29, 0.717) is 17.3 Å². The predicted octanol–water partition coefficient (Wildman–Crippen LogP) is 2.04. The fraction of sp³-hybridized carbons (Fsp3) is 0.312. The zero-order valence-electron chi connectivity index (χ0n) is 12.7. The van der Waals surface area contributed by atoms with Crippen molar-refractivity contribution in [1.82, 2.24) is 14.6 Å². The molecule has 0 bridgehead atoms. The van der Waals surface area contributed by atoms with Crippen LogP contribution in [0.5, 0.6) is 0 Å². The van der Waals surface area contributed by atoms with E-state index in [0.717, 1.165) is 23.8 Å². The maximum absolute atomic E-state index is 12.4. The van der Waals surface area contributed by atoms with Crippen LogP contribution in [0.4, 0.5) is 5.13 Å². The number of morpholine rings is 1. The molecule has 1 fully saturated rings. The summed E-state index contributed by atoms with van der Waals surface area (Å²) < 4.78 is 6.94. The molecule has 0 spiro atoms. The third-order valence-electron chi connectivity index (χ3n) is 3.82. The average Bonchev–Trinajstić information content (AvgIpc) is 3.00. The van der Waals surface area contributed by atoms with Crippen LogP contribution in [-0.4, -0.2) is 40.4 Å². The molecule has 0 unspecified atom stereocenters. The Bertz CT molecular complexity index is 890. The van der Waals surface area contributed by atoms with E-state index < -0.39 is 0 Å². The molecule has 118 valence electrons. The molecular weight excluding hydrogens is 312 g/mol. The van der Waals surface area contributed by atoms with Gasteiger partial charge in [-0.2, -0.15) is 4.52 Å². The van der Waals surface area contributed by atoms with E-state index in [1.807, 2.05) is 37.3 Å². The number of nitrogens with zero attached hydrogens (tertiary/aromatic N) is 4. The van der Waals surface area contributed by atoms with Crippen molar-refractivity contribution in [2.45, 2.75) is 13.0 Å². The van der Waals surface area contributed by atoms with Gasteiger partial charge in [0, 0.05) is 24.7 Å². The zero-order chi connectivity index (χ0) is 15.8. The van der Waals surface area contributed by atoms with Gasteiger partial charge < -0.3 is 9.64 Å². The van der Waals surface area contributed by atoms with Gasteiger partial charge in [0.1, 0.15) is 0 Å². The molecule has 3 heterocycles. The molecule has 7 heteroatoms. The Labute approximate surface area is 137 Å². The fourth-order valence-electron chi connectivity index (χ4n) is 2.68. The molecular formula is C16H16N4O2S. The number of ether oxygens (including phenoxy) is 1. The van der Waals surface area contributed by atoms with Crippen molar-refractivity contribution in [3.8, 4) is 11.3 Å². The SMILES string of the molecule is C[C@@H]1CN(c2nn3c(=O)cc(-c4ccccc4)nc3s2)CCO1. The average molecular weight is 328 g/mol. The first-order valence-corrected chi connectivity index (χ1v) is 8.35. The summed E-state index contributed by atoms with van der Waals surface area (Å²) in [6.07, 6.45) is 0.167. The summed E-state index contributed by atoms with van der Waals surface area (Å²) in [6, 6.07) is 11.2. The van der Waals surface area contributed by atoms with Gasteiger partial charge in [-0.1, -0.05) is 41.7 Å². The van der Waals surface area contributed by atoms with Gasteiger partial charge >= 0.3 is 0 Å². The molecule has 0 amide bonds. The lowest BCUT2D eigenvalue weighted by Gasteiger charge is -2.30. The molecule has 23 heavy (non-hydrogen) atoms. The van der Waals surface area contributed by atoms with E-state index in [9.17, 15) is 4.79 Å². The van der Waals surface area contributed by atoms with E-state index in [1.54, 1.807) is 0 Å². The number of fused-ring (bicyclic) bond motifs is 1. The van der Waals surface area contributed by atoms with Gasteiger partial charge in [0.15, 0.2) is 0 Å². The van der Waals surface area contributed by atoms with Gasteiger partial charge in [0.25, 0.3) is 5.56 Å². The van der Waals surface area contributed by atoms with Crippen LogP contribution in [0.2, 0.25) is 0 Å². The van der Waals surface area contributed by atoms with E-state index in [-0.39, 0.29) is 11.7 Å². The second-order valence-electron chi connectivity index (χ2n) is 5.55. The van der Waals surface area contributed by atoms with Crippen LogP contribution in [0.15, 0.2) is 41.2 Å². The lowest BCUT2D eigenvalue weighted by molar-refractivity contribution is 0.0531. The summed E-state index contributed by atoms with van der Waals surface area (Å²) in [4.78, 5) is 19.7. The van der Waals surface area contributed by atoms with E-state index in [4.69, 9.17) is 4.74 Å². The van der Waals surface area contributed by atoms with Gasteiger partial charge in [0.05, 0.1) is 18.4 Å². The van der Waals surface area contributed by atoms with E-state index in [2.05, 4.69) is 15.0 Å². The third kappa shape index (κ3) is 2.73. The molecule has 3 aromatic rings. The number of hydrogen-bond acceptors (Lipinski definition) is 6. The maximum Gasteiger partial charge on any atom is 0.275 e. The van der Waals surface area contributed by atoms with Crippen molar-refractivity contribution in [2.24, 2.45) is 0 Å². The number of hydrogen-bond donors (Lipinski definition) is 0. The fourth-order valence-corrected chi connectivity index (χ4v) is 3.62. The summed E-state index contributed by atoms with van der Waals surface area (Å²) >= 11 is 1.44. The molecule has 4 rings (SSSR count). The minimum absolute atomic E-state index is 0.155. The highest BCUT2D eigenvalue weighted by molar-refractivity contribution is 7.20. The van der Waals surface area contributed by atoms with Crippen LogP contribution in [0.3, 0.4) is 0 Å². The predicted molar refractivity (Wildman–Crippen MR) is 90.2 cm³/mol. The van der Waals surface area contributed by atoms with Crippen LogP contribution in [0.25, 0.3) is 16.2 Å². The monoisotopic (exact) mass is 328 g/mol. The molecule has 1 saturated heterocycles. The third-order valence-corrected chi connectivity index (χ3v) is 4.78. The number of rotatable bonds is 2. The Morgan fingerprint density at radius 3 is 2.91 bits per heavy atom. The highest BCUT2D eigenvalue weighted by atomic mass is 32.1. The summed E-state index contributed by atoms with van der Waals surface area (Å²) in [6.45, 7) is 4.27. The topological polar surface area (TPSA) is 59.7 Å². The van der Waals surface area contributed by atoms with Crippen molar-refractivity contribution in [3.05, 3.63) is 46.8 Å². The summed E-state index contributed by atoms with van der Waals surface area (Å²) in [5.74, 6) is 0. The second kappa shape index (κ2) is 5.75. The number of anilines is 1. The molecule has 0 radical (unpaired) electrons. The van der Waals surface area contributed by atoms with Gasteiger partial charge in [-0.05, 0) is 6.92 Å². The molecule has 0 saturated carbocycles. The number of aromatic nitrogens is 3. The quantitative estimate of drug-likeness (QED) is 0.720. The molecule has 1 aromatic carbocycles. The van der Waals surface area contributed by atoms with Crippen LogP contribution >= 0.6 is 11.3 Å². The van der Waals surface area contributed by atoms with E-state index in [1.165, 1.54) is 21.9 Å². The molecule has 1 aliphatic rings. The Kier molecular flexibility index (Phi) is 3.59. The Hall–Kier alpha value is -2.25. The van der Waals surface area contributed by atoms with Crippen molar-refractivity contribution in [1.29, 1.82) is 0 Å². The normalized spacial score (nSPS) is 18.5. The van der Waals surface area contributed by atoms with Crippen LogP contribution in [0.1, 0.15) is 6.92 Å². The van der Waals surface area contributed by atoms with Crippen molar-refractivity contribution >= 4 is 21.4 Å². The second-order valence-corrected chi connectivity index (χ2v) is 6.49. The maximum atomic E-state index is 12.4. The lowest BCUT2D eigenvalue weighted by atomic mass is 10.1. The molecule has 0 aliphatic carbocycles. The largest absolute Gasteiger partial charge is 0.375 e. The van der Waals surface area contributed by atoms with Crippen LogP contribution in [0, 0.1) is 0 Å². The summed E-state index contributed by atoms with van der Waals surface area (Å²) in [7, 11) is 0. The standard InChI is InChI=1S/C16H16N4O2S/c1-11-10-19(7-8-22-11)16-18-20-14(21)9-13(17-15(20)23-16)12-5-3-2-4-6-12/h2-6,9,11H,7-8,10H2,1H3/t11-/m1/s1. The number of benzene rings is 1. The van der Waals surface area contributed by atoms with E-state index >= 15 is 0 Å². The van der Waals surface area contributed by atoms with Crippen LogP contribution in [-0.2, 0) is 4.74 Å². The van der Waals surface area contributed by atoms with Crippen LogP contribution < -0.4 is 10.5 Å². The lowest BCUT2D eigenvalue weighted by Crippen LogP contribution is -2.41. The highest BCUT2D eigenvalue weighted by Gasteiger charge is 2.21. The first kappa shape index (κ1) is 14.3. The zero-order valence-corrected chi connectivity index (χ0v) is 13.5. The minimum atomic E-state index is -0.155. The molecule has 6 nitrogen and oxygen atoms in total. The molecule has 0 N–H and O–H groups in total. The van der Waals surface area contributed by atoms with Crippen molar-refractivity contribution in [2.75, 3.05) is 24.6 Å². The van der Waals surface area contributed by atoms with Gasteiger partial charge in [-0.25, -0.2) is 4.98 Å². The first-order valence-electron chi connectivity index (χ1n) is 7.53. The molecule has 1 atom stereocenters. The first-order chi connectivity index (χ1) is 11.2.